The van der Waals surface area contributed by atoms with Crippen molar-refractivity contribution in [2.45, 2.75) is 13.0 Å². The van der Waals surface area contributed by atoms with Gasteiger partial charge in [-0.05, 0) is 37.3 Å². The Labute approximate surface area is 110 Å². The minimum atomic E-state index is -0.482. The van der Waals surface area contributed by atoms with Gasteiger partial charge < -0.3 is 15.4 Å². The van der Waals surface area contributed by atoms with E-state index in [0.29, 0.717) is 17.4 Å². The molecule has 17 heavy (non-hydrogen) atoms. The summed E-state index contributed by atoms with van der Waals surface area (Å²) in [6, 6.07) is 4.50. The van der Waals surface area contributed by atoms with Gasteiger partial charge >= 0.3 is 0 Å². The molecule has 1 atom stereocenters. The Kier molecular flexibility index (Phi) is 5.61. The lowest BCUT2D eigenvalue weighted by molar-refractivity contribution is 0.179. The predicted molar refractivity (Wildman–Crippen MR) is 72.1 cm³/mol. The Bertz CT molecular complexity index is 403. The van der Waals surface area contributed by atoms with Gasteiger partial charge in [-0.25, -0.2) is 4.39 Å². The molecular weight excluding hydrogens is 263 g/mol. The molecular formula is C11H14ClFN2OS. The van der Waals surface area contributed by atoms with Crippen LogP contribution in [-0.4, -0.2) is 24.9 Å². The lowest BCUT2D eigenvalue weighted by Gasteiger charge is -2.16. The van der Waals surface area contributed by atoms with Gasteiger partial charge in [0.25, 0.3) is 0 Å². The van der Waals surface area contributed by atoms with Gasteiger partial charge in [0, 0.05) is 18.8 Å². The molecule has 2 N–H and O–H groups in total. The van der Waals surface area contributed by atoms with E-state index < -0.39 is 5.82 Å². The van der Waals surface area contributed by atoms with Crippen LogP contribution in [0.15, 0.2) is 18.2 Å². The number of thiocarbonyl (C=S) groups is 1. The Hall–Kier alpha value is -0.910. The highest BCUT2D eigenvalue weighted by Gasteiger charge is 2.05. The summed E-state index contributed by atoms with van der Waals surface area (Å²) in [5.41, 5.74) is 0.550. The summed E-state index contributed by atoms with van der Waals surface area (Å²) >= 11 is 10.6. The van der Waals surface area contributed by atoms with Gasteiger partial charge in [-0.2, -0.15) is 0 Å². The topological polar surface area (TPSA) is 33.3 Å². The molecule has 0 radical (unpaired) electrons. The summed E-state index contributed by atoms with van der Waals surface area (Å²) in [6.07, 6.45) is 0. The Morgan fingerprint density at radius 2 is 2.29 bits per heavy atom. The van der Waals surface area contributed by atoms with E-state index in [1.807, 2.05) is 6.92 Å². The van der Waals surface area contributed by atoms with Crippen molar-refractivity contribution in [2.24, 2.45) is 0 Å². The van der Waals surface area contributed by atoms with Crippen LogP contribution in [0.3, 0.4) is 0 Å². The van der Waals surface area contributed by atoms with Crippen LogP contribution in [-0.2, 0) is 4.74 Å². The Morgan fingerprint density at radius 3 is 2.88 bits per heavy atom. The molecule has 1 rings (SSSR count). The number of hydrogen-bond acceptors (Lipinski definition) is 2. The van der Waals surface area contributed by atoms with Crippen molar-refractivity contribution < 1.29 is 9.13 Å². The molecule has 1 aromatic rings. The first kappa shape index (κ1) is 14.2. The number of benzene rings is 1. The number of ether oxygens (including phenoxy) is 1. The fourth-order valence-electron chi connectivity index (χ4n) is 1.26. The number of rotatable bonds is 4. The van der Waals surface area contributed by atoms with Crippen molar-refractivity contribution in [3.8, 4) is 0 Å². The van der Waals surface area contributed by atoms with E-state index in [0.717, 1.165) is 0 Å². The van der Waals surface area contributed by atoms with Gasteiger partial charge in [-0.15, -0.1) is 0 Å². The van der Waals surface area contributed by atoms with Crippen molar-refractivity contribution >= 4 is 34.6 Å². The molecule has 0 aliphatic heterocycles. The normalized spacial score (nSPS) is 12.0. The van der Waals surface area contributed by atoms with Crippen molar-refractivity contribution in [1.82, 2.24) is 5.32 Å². The van der Waals surface area contributed by atoms with Crippen molar-refractivity contribution in [3.63, 3.8) is 0 Å². The third-order valence-corrected chi connectivity index (χ3v) is 2.50. The maximum absolute atomic E-state index is 13.2. The summed E-state index contributed by atoms with van der Waals surface area (Å²) in [6.45, 7) is 2.47. The molecule has 94 valence electrons. The van der Waals surface area contributed by atoms with E-state index >= 15 is 0 Å². The van der Waals surface area contributed by atoms with Crippen molar-refractivity contribution in [3.05, 3.63) is 29.0 Å². The summed E-state index contributed by atoms with van der Waals surface area (Å²) in [5, 5.41) is 6.37. The molecule has 0 saturated carbocycles. The van der Waals surface area contributed by atoms with E-state index in [1.165, 1.54) is 12.1 Å². The molecule has 3 nitrogen and oxygen atoms in total. The number of anilines is 1. The third kappa shape index (κ3) is 4.85. The SMILES string of the molecule is COCC(C)NC(=S)Nc1ccc(Cl)c(F)c1. The van der Waals surface area contributed by atoms with Gasteiger partial charge in [-0.1, -0.05) is 11.6 Å². The van der Waals surface area contributed by atoms with Gasteiger partial charge in [-0.3, -0.25) is 0 Å². The highest BCUT2D eigenvalue weighted by Crippen LogP contribution is 2.18. The van der Waals surface area contributed by atoms with E-state index in [-0.39, 0.29) is 11.1 Å². The van der Waals surface area contributed by atoms with E-state index in [4.69, 9.17) is 28.6 Å². The van der Waals surface area contributed by atoms with Crippen molar-refractivity contribution in [2.75, 3.05) is 19.0 Å². The molecule has 1 unspecified atom stereocenters. The van der Waals surface area contributed by atoms with E-state index in [2.05, 4.69) is 10.6 Å². The zero-order valence-electron chi connectivity index (χ0n) is 9.59. The number of nitrogens with one attached hydrogen (secondary N) is 2. The molecule has 0 heterocycles. The minimum absolute atomic E-state index is 0.0807. The fourth-order valence-corrected chi connectivity index (χ4v) is 1.69. The largest absolute Gasteiger partial charge is 0.383 e. The van der Waals surface area contributed by atoms with Gasteiger partial charge in [0.05, 0.1) is 11.6 Å². The number of methoxy groups -OCH3 is 1. The summed E-state index contributed by atoms with van der Waals surface area (Å²) in [4.78, 5) is 0. The maximum Gasteiger partial charge on any atom is 0.171 e. The van der Waals surface area contributed by atoms with Crippen LogP contribution in [0.2, 0.25) is 5.02 Å². The van der Waals surface area contributed by atoms with Crippen LogP contribution in [0.25, 0.3) is 0 Å². The monoisotopic (exact) mass is 276 g/mol. The minimum Gasteiger partial charge on any atom is -0.383 e. The van der Waals surface area contributed by atoms with Gasteiger partial charge in [0.15, 0.2) is 5.11 Å². The number of hydrogen-bond donors (Lipinski definition) is 2. The Balaban J connectivity index is 2.53. The van der Waals surface area contributed by atoms with Gasteiger partial charge in [0.1, 0.15) is 5.82 Å². The maximum atomic E-state index is 13.2. The highest BCUT2D eigenvalue weighted by molar-refractivity contribution is 7.80. The second-order valence-corrected chi connectivity index (χ2v) is 4.40. The molecule has 0 aliphatic rings. The van der Waals surface area contributed by atoms with Crippen LogP contribution in [0.1, 0.15) is 6.92 Å². The second-order valence-electron chi connectivity index (χ2n) is 3.58. The average Bonchev–Trinajstić information content (AvgIpc) is 2.23. The van der Waals surface area contributed by atoms with Crippen molar-refractivity contribution in [1.29, 1.82) is 0 Å². The molecule has 0 amide bonds. The molecule has 0 fully saturated rings. The third-order valence-electron chi connectivity index (χ3n) is 1.97. The fraction of sp³-hybridized carbons (Fsp3) is 0.364. The number of halogens is 2. The smallest absolute Gasteiger partial charge is 0.171 e. The van der Waals surface area contributed by atoms with Crippen LogP contribution >= 0.6 is 23.8 Å². The standard InChI is InChI=1S/C11H14ClFN2OS/c1-7(6-16-2)14-11(17)15-8-3-4-9(12)10(13)5-8/h3-5,7H,6H2,1-2H3,(H2,14,15,17). The second kappa shape index (κ2) is 6.74. The molecule has 0 bridgehead atoms. The first-order chi connectivity index (χ1) is 8.02. The molecule has 0 saturated heterocycles. The van der Waals surface area contributed by atoms with Crippen LogP contribution in [0.4, 0.5) is 10.1 Å². The molecule has 0 spiro atoms. The van der Waals surface area contributed by atoms with E-state index in [9.17, 15) is 4.39 Å². The lowest BCUT2D eigenvalue weighted by Crippen LogP contribution is -2.38. The van der Waals surface area contributed by atoms with Crippen LogP contribution < -0.4 is 10.6 Å². The summed E-state index contributed by atoms with van der Waals surface area (Å²) in [7, 11) is 1.61. The molecule has 6 heteroatoms. The Morgan fingerprint density at radius 1 is 1.59 bits per heavy atom. The van der Waals surface area contributed by atoms with E-state index in [1.54, 1.807) is 13.2 Å². The average molecular weight is 277 g/mol. The van der Waals surface area contributed by atoms with Gasteiger partial charge in [0.2, 0.25) is 0 Å². The molecule has 0 aromatic heterocycles. The zero-order chi connectivity index (χ0) is 12.8. The highest BCUT2D eigenvalue weighted by atomic mass is 35.5. The summed E-state index contributed by atoms with van der Waals surface area (Å²) in [5.74, 6) is -0.482. The predicted octanol–water partition coefficient (Wildman–Crippen LogP) is 2.80. The molecule has 1 aromatic carbocycles. The summed E-state index contributed by atoms with van der Waals surface area (Å²) < 4.78 is 18.1. The lowest BCUT2D eigenvalue weighted by atomic mass is 10.3. The first-order valence-electron chi connectivity index (χ1n) is 5.04. The quantitative estimate of drug-likeness (QED) is 0.829. The first-order valence-corrected chi connectivity index (χ1v) is 5.83. The molecule has 0 aliphatic carbocycles. The zero-order valence-corrected chi connectivity index (χ0v) is 11.2. The van der Waals surface area contributed by atoms with Crippen LogP contribution in [0.5, 0.6) is 0 Å². The van der Waals surface area contributed by atoms with Crippen LogP contribution in [0, 0.1) is 5.82 Å².